The van der Waals surface area contributed by atoms with Gasteiger partial charge in [0.05, 0.1) is 23.8 Å². The van der Waals surface area contributed by atoms with Gasteiger partial charge >= 0.3 is 0 Å². The van der Waals surface area contributed by atoms with Crippen molar-refractivity contribution >= 4 is 11.3 Å². The summed E-state index contributed by atoms with van der Waals surface area (Å²) in [5.41, 5.74) is 0.906. The molecule has 5 heteroatoms. The van der Waals surface area contributed by atoms with Gasteiger partial charge in [-0.2, -0.15) is 5.10 Å². The van der Waals surface area contributed by atoms with Crippen molar-refractivity contribution in [1.82, 2.24) is 9.78 Å². The molecule has 2 rings (SSSR count). The molecule has 2 heterocycles. The van der Waals surface area contributed by atoms with Crippen molar-refractivity contribution in [3.63, 3.8) is 0 Å². The quantitative estimate of drug-likeness (QED) is 0.884. The highest BCUT2D eigenvalue weighted by Crippen LogP contribution is 2.32. The predicted octanol–water partition coefficient (Wildman–Crippen LogP) is 3.20. The molecule has 0 aliphatic carbocycles. The van der Waals surface area contributed by atoms with Crippen molar-refractivity contribution in [3.05, 3.63) is 34.3 Å². The van der Waals surface area contributed by atoms with E-state index in [4.69, 9.17) is 4.74 Å². The minimum absolute atomic E-state index is 0.391. The Hall–Kier alpha value is -1.33. The fraction of sp³-hybridized carbons (Fsp3) is 0.500. The number of aromatic nitrogens is 2. The van der Waals surface area contributed by atoms with E-state index in [1.807, 2.05) is 28.4 Å². The minimum atomic E-state index is -0.560. The van der Waals surface area contributed by atoms with E-state index >= 15 is 0 Å². The zero-order valence-electron chi connectivity index (χ0n) is 11.5. The Labute approximate surface area is 117 Å². The van der Waals surface area contributed by atoms with Crippen LogP contribution in [0.2, 0.25) is 0 Å². The summed E-state index contributed by atoms with van der Waals surface area (Å²) in [4.78, 5) is 0.862. The fourth-order valence-corrected chi connectivity index (χ4v) is 2.78. The number of methoxy groups -OCH3 is 1. The van der Waals surface area contributed by atoms with E-state index in [0.29, 0.717) is 12.5 Å². The zero-order valence-corrected chi connectivity index (χ0v) is 12.4. The molecule has 2 unspecified atom stereocenters. The number of aliphatic hydroxyl groups excluding tert-OH is 1. The van der Waals surface area contributed by atoms with Crippen molar-refractivity contribution in [3.8, 4) is 5.75 Å². The first kappa shape index (κ1) is 14.1. The number of aliphatic hydroxyl groups is 1. The number of rotatable bonds is 6. The number of thiophene rings is 1. The molecule has 0 fully saturated rings. The van der Waals surface area contributed by atoms with Crippen LogP contribution in [0.5, 0.6) is 5.75 Å². The Balaban J connectivity index is 2.06. The lowest BCUT2D eigenvalue weighted by atomic mass is 10.1. The lowest BCUT2D eigenvalue weighted by Crippen LogP contribution is -2.06. The molecular weight excluding hydrogens is 260 g/mol. The second-order valence-electron chi connectivity index (χ2n) is 4.62. The maximum absolute atomic E-state index is 10.3. The molecule has 0 saturated heterocycles. The van der Waals surface area contributed by atoms with Crippen LogP contribution in [0.15, 0.2) is 23.7 Å². The molecule has 2 atom stereocenters. The lowest BCUT2D eigenvalue weighted by Gasteiger charge is -2.10. The second-order valence-corrected chi connectivity index (χ2v) is 5.57. The van der Waals surface area contributed by atoms with Crippen molar-refractivity contribution in [1.29, 1.82) is 0 Å². The summed E-state index contributed by atoms with van der Waals surface area (Å²) >= 11 is 1.51. The first-order valence-corrected chi connectivity index (χ1v) is 7.37. The van der Waals surface area contributed by atoms with Crippen LogP contribution >= 0.6 is 11.3 Å². The maximum atomic E-state index is 10.3. The van der Waals surface area contributed by atoms with Crippen LogP contribution in [0.4, 0.5) is 0 Å². The van der Waals surface area contributed by atoms with Gasteiger partial charge in [-0.3, -0.25) is 4.68 Å². The van der Waals surface area contributed by atoms with Gasteiger partial charge in [0, 0.05) is 18.7 Å². The van der Waals surface area contributed by atoms with E-state index < -0.39 is 6.10 Å². The average molecular weight is 280 g/mol. The van der Waals surface area contributed by atoms with E-state index in [1.165, 1.54) is 11.3 Å². The summed E-state index contributed by atoms with van der Waals surface area (Å²) in [6.07, 6.45) is 2.97. The van der Waals surface area contributed by atoms with Gasteiger partial charge < -0.3 is 9.84 Å². The molecule has 19 heavy (non-hydrogen) atoms. The Morgan fingerprint density at radius 2 is 2.26 bits per heavy atom. The summed E-state index contributed by atoms with van der Waals surface area (Å²) in [6.45, 7) is 4.27. The van der Waals surface area contributed by atoms with Crippen LogP contribution in [0.1, 0.15) is 43.0 Å². The van der Waals surface area contributed by atoms with E-state index in [0.717, 1.165) is 22.7 Å². The number of hydrogen-bond donors (Lipinski definition) is 1. The molecule has 4 nitrogen and oxygen atoms in total. The largest absolute Gasteiger partial charge is 0.495 e. The third-order valence-electron chi connectivity index (χ3n) is 3.29. The molecular formula is C14H20N2O2S. The molecule has 104 valence electrons. The number of nitrogens with zero attached hydrogens (tertiary/aromatic N) is 2. The van der Waals surface area contributed by atoms with Crippen LogP contribution in [0.25, 0.3) is 0 Å². The average Bonchev–Trinajstić information content (AvgIpc) is 3.05. The van der Waals surface area contributed by atoms with Crippen molar-refractivity contribution in [2.45, 2.75) is 38.8 Å². The molecule has 0 saturated carbocycles. The van der Waals surface area contributed by atoms with Gasteiger partial charge in [0.15, 0.2) is 0 Å². The fourth-order valence-electron chi connectivity index (χ4n) is 1.93. The van der Waals surface area contributed by atoms with E-state index in [1.54, 1.807) is 7.11 Å². The molecule has 0 aliphatic rings. The van der Waals surface area contributed by atoms with Crippen LogP contribution in [0.3, 0.4) is 0 Å². The molecule has 1 N–H and O–H groups in total. The summed E-state index contributed by atoms with van der Waals surface area (Å²) in [5, 5.41) is 16.7. The smallest absolute Gasteiger partial charge is 0.135 e. The van der Waals surface area contributed by atoms with Gasteiger partial charge in [-0.05, 0) is 30.9 Å². The number of ether oxygens (including phenoxy) is 1. The first-order chi connectivity index (χ1) is 9.15. The van der Waals surface area contributed by atoms with Crippen LogP contribution in [-0.4, -0.2) is 22.0 Å². The zero-order chi connectivity index (χ0) is 13.8. The van der Waals surface area contributed by atoms with Gasteiger partial charge in [-0.25, -0.2) is 0 Å². The SMILES string of the molecule is CCC(C)n1ccc(CC(O)c2sccc2OC)n1. The molecule has 0 aromatic carbocycles. The standard InChI is InChI=1S/C14H20N2O2S/c1-4-10(2)16-7-5-11(15-16)9-12(17)14-13(18-3)6-8-19-14/h5-8,10,12,17H,4,9H2,1-3H3. The molecule has 0 radical (unpaired) electrons. The highest BCUT2D eigenvalue weighted by molar-refractivity contribution is 7.10. The molecule has 2 aromatic rings. The summed E-state index contributed by atoms with van der Waals surface area (Å²) < 4.78 is 7.18. The molecule has 0 amide bonds. The molecule has 0 aliphatic heterocycles. The molecule has 2 aromatic heterocycles. The molecule has 0 spiro atoms. The topological polar surface area (TPSA) is 47.3 Å². The first-order valence-electron chi connectivity index (χ1n) is 6.49. The van der Waals surface area contributed by atoms with Crippen molar-refractivity contribution in [2.75, 3.05) is 7.11 Å². The van der Waals surface area contributed by atoms with Crippen molar-refractivity contribution < 1.29 is 9.84 Å². The Kier molecular flexibility index (Phi) is 4.61. The monoisotopic (exact) mass is 280 g/mol. The third-order valence-corrected chi connectivity index (χ3v) is 4.29. The van der Waals surface area contributed by atoms with Crippen molar-refractivity contribution in [2.24, 2.45) is 0 Å². The Morgan fingerprint density at radius 1 is 1.47 bits per heavy atom. The van der Waals surface area contributed by atoms with Gasteiger partial charge in [0.2, 0.25) is 0 Å². The van der Waals surface area contributed by atoms with Gasteiger partial charge in [-0.1, -0.05) is 6.92 Å². The van der Waals surface area contributed by atoms with Crippen LogP contribution in [-0.2, 0) is 6.42 Å². The Bertz CT molecular complexity index is 521. The summed E-state index contributed by atoms with van der Waals surface area (Å²) in [6, 6.07) is 4.23. The number of hydrogen-bond acceptors (Lipinski definition) is 4. The predicted molar refractivity (Wildman–Crippen MR) is 76.8 cm³/mol. The highest BCUT2D eigenvalue weighted by Gasteiger charge is 2.17. The van der Waals surface area contributed by atoms with E-state index in [9.17, 15) is 5.11 Å². The van der Waals surface area contributed by atoms with Gasteiger partial charge in [0.1, 0.15) is 5.75 Å². The summed E-state index contributed by atoms with van der Waals surface area (Å²) in [7, 11) is 1.62. The second kappa shape index (κ2) is 6.21. The minimum Gasteiger partial charge on any atom is -0.495 e. The molecule has 0 bridgehead atoms. The van der Waals surface area contributed by atoms with E-state index in [2.05, 4.69) is 18.9 Å². The van der Waals surface area contributed by atoms with Crippen LogP contribution < -0.4 is 4.74 Å². The highest BCUT2D eigenvalue weighted by atomic mass is 32.1. The Morgan fingerprint density at radius 3 is 2.95 bits per heavy atom. The normalized spacial score (nSPS) is 14.3. The summed E-state index contributed by atoms with van der Waals surface area (Å²) in [5.74, 6) is 0.749. The van der Waals surface area contributed by atoms with Gasteiger partial charge in [0.25, 0.3) is 0 Å². The third kappa shape index (κ3) is 3.16. The lowest BCUT2D eigenvalue weighted by molar-refractivity contribution is 0.176. The van der Waals surface area contributed by atoms with Crippen LogP contribution in [0, 0.1) is 0 Å². The van der Waals surface area contributed by atoms with Gasteiger partial charge in [-0.15, -0.1) is 11.3 Å². The maximum Gasteiger partial charge on any atom is 0.135 e. The van der Waals surface area contributed by atoms with E-state index in [-0.39, 0.29) is 0 Å².